The largest absolute Gasteiger partial charge is 0.494 e. The maximum Gasteiger partial charge on any atom is 0.273 e. The van der Waals surface area contributed by atoms with Crippen LogP contribution in [0.25, 0.3) is 5.69 Å². The number of nitro groups is 1. The van der Waals surface area contributed by atoms with Crippen LogP contribution in [0, 0.1) is 22.9 Å². The van der Waals surface area contributed by atoms with Crippen molar-refractivity contribution in [2.24, 2.45) is 0 Å². The van der Waals surface area contributed by atoms with Gasteiger partial charge in [-0.1, -0.05) is 17.8 Å². The normalized spacial score (nSPS) is 10.7. The molecule has 0 fully saturated rings. The zero-order chi connectivity index (χ0) is 28.6. The van der Waals surface area contributed by atoms with E-state index < -0.39 is 16.6 Å². The summed E-state index contributed by atoms with van der Waals surface area (Å²) in [6, 6.07) is 16.9. The maximum absolute atomic E-state index is 13.2. The molecule has 0 aliphatic rings. The molecular weight excluding hydrogens is 539 g/mol. The Kier molecular flexibility index (Phi) is 9.07. The smallest absolute Gasteiger partial charge is 0.273 e. The van der Waals surface area contributed by atoms with Gasteiger partial charge in [-0.05, 0) is 68.4 Å². The molecule has 2 N–H and O–H groups in total. The van der Waals surface area contributed by atoms with Gasteiger partial charge in [-0.2, -0.15) is 0 Å². The maximum atomic E-state index is 13.2. The Labute approximate surface area is 232 Å². The first-order valence-corrected chi connectivity index (χ1v) is 13.1. The third-order valence-electron chi connectivity index (χ3n) is 5.72. The fourth-order valence-corrected chi connectivity index (χ4v) is 4.58. The molecule has 206 valence electrons. The third kappa shape index (κ3) is 6.80. The summed E-state index contributed by atoms with van der Waals surface area (Å²) in [5.74, 6) is -0.197. The van der Waals surface area contributed by atoms with Crippen LogP contribution < -0.4 is 15.4 Å². The first kappa shape index (κ1) is 28.2. The second-order valence-corrected chi connectivity index (χ2v) is 9.34. The molecule has 13 heteroatoms. The van der Waals surface area contributed by atoms with E-state index in [2.05, 4.69) is 20.8 Å². The molecule has 40 heavy (non-hydrogen) atoms. The second-order valence-electron chi connectivity index (χ2n) is 8.39. The highest BCUT2D eigenvalue weighted by Gasteiger charge is 2.20. The molecule has 0 bridgehead atoms. The summed E-state index contributed by atoms with van der Waals surface area (Å²) in [7, 11) is 0. The van der Waals surface area contributed by atoms with Gasteiger partial charge in [-0.15, -0.1) is 10.2 Å². The zero-order valence-corrected chi connectivity index (χ0v) is 22.4. The summed E-state index contributed by atoms with van der Waals surface area (Å²) in [6.07, 6.45) is 0. The van der Waals surface area contributed by atoms with E-state index >= 15 is 0 Å². The van der Waals surface area contributed by atoms with Crippen molar-refractivity contribution in [3.63, 3.8) is 0 Å². The number of anilines is 1. The molecule has 4 aromatic rings. The molecule has 0 aliphatic carbocycles. The highest BCUT2D eigenvalue weighted by Crippen LogP contribution is 2.25. The molecule has 1 aromatic heterocycles. The van der Waals surface area contributed by atoms with E-state index in [0.717, 1.165) is 11.8 Å². The highest BCUT2D eigenvalue weighted by molar-refractivity contribution is 7.99. The molecule has 0 spiro atoms. The molecular formula is C27H25FN6O5S. The van der Waals surface area contributed by atoms with Crippen molar-refractivity contribution in [3.8, 4) is 11.4 Å². The van der Waals surface area contributed by atoms with Crippen molar-refractivity contribution < 1.29 is 23.6 Å². The lowest BCUT2D eigenvalue weighted by Gasteiger charge is -2.12. The van der Waals surface area contributed by atoms with Gasteiger partial charge in [0.25, 0.3) is 11.6 Å². The van der Waals surface area contributed by atoms with Crippen LogP contribution in [0.3, 0.4) is 0 Å². The molecule has 3 aromatic carbocycles. The monoisotopic (exact) mass is 564 g/mol. The number of benzene rings is 3. The minimum atomic E-state index is -0.537. The highest BCUT2D eigenvalue weighted by atomic mass is 32.2. The van der Waals surface area contributed by atoms with Gasteiger partial charge in [0.1, 0.15) is 11.6 Å². The number of aromatic nitrogens is 3. The fraction of sp³-hybridized carbons (Fsp3) is 0.185. The van der Waals surface area contributed by atoms with Gasteiger partial charge in [0, 0.05) is 28.6 Å². The number of hydrogen-bond acceptors (Lipinski definition) is 8. The topological polar surface area (TPSA) is 141 Å². The van der Waals surface area contributed by atoms with Crippen LogP contribution in [0.4, 0.5) is 15.8 Å². The molecule has 0 saturated carbocycles. The molecule has 11 nitrogen and oxygen atoms in total. The van der Waals surface area contributed by atoms with Crippen LogP contribution in [0.15, 0.2) is 71.9 Å². The number of thioether (sulfide) groups is 1. The molecule has 4 rings (SSSR count). The Morgan fingerprint density at radius 1 is 1.07 bits per heavy atom. The Hall–Kier alpha value is -4.78. The Morgan fingerprint density at radius 3 is 2.48 bits per heavy atom. The lowest BCUT2D eigenvalue weighted by molar-refractivity contribution is -0.385. The van der Waals surface area contributed by atoms with E-state index in [1.165, 1.54) is 49.4 Å². The molecule has 2 amide bonds. The van der Waals surface area contributed by atoms with Crippen molar-refractivity contribution in [3.05, 3.63) is 99.6 Å². The van der Waals surface area contributed by atoms with Gasteiger partial charge in [0.2, 0.25) is 5.91 Å². The SMILES string of the molecule is CCOc1ccc(-n2c(CNC(=O)c3cccc([N+](=O)[O-])c3C)nnc2SCC(=O)Nc2ccc(F)cc2)cc1. The Balaban J connectivity index is 1.54. The number of amides is 2. The number of nitro benzene ring substituents is 1. The van der Waals surface area contributed by atoms with Crippen molar-refractivity contribution >= 4 is 35.0 Å². The van der Waals surface area contributed by atoms with E-state index in [4.69, 9.17) is 4.74 Å². The van der Waals surface area contributed by atoms with Crippen molar-refractivity contribution in [2.75, 3.05) is 17.7 Å². The van der Waals surface area contributed by atoms with Crippen LogP contribution in [0.2, 0.25) is 0 Å². The van der Waals surface area contributed by atoms with Crippen LogP contribution in [-0.4, -0.2) is 43.9 Å². The predicted molar refractivity (Wildman–Crippen MR) is 147 cm³/mol. The van der Waals surface area contributed by atoms with Gasteiger partial charge in [0.15, 0.2) is 11.0 Å². The number of hydrogen-bond donors (Lipinski definition) is 2. The summed E-state index contributed by atoms with van der Waals surface area (Å²) in [4.78, 5) is 36.2. The average Bonchev–Trinajstić information content (AvgIpc) is 3.35. The lowest BCUT2D eigenvalue weighted by Crippen LogP contribution is -2.25. The van der Waals surface area contributed by atoms with E-state index in [1.807, 2.05) is 6.92 Å². The van der Waals surface area contributed by atoms with E-state index in [9.17, 15) is 24.1 Å². The van der Waals surface area contributed by atoms with Crippen LogP contribution >= 0.6 is 11.8 Å². The van der Waals surface area contributed by atoms with E-state index in [-0.39, 0.29) is 35.0 Å². The first-order valence-electron chi connectivity index (χ1n) is 12.1. The van der Waals surface area contributed by atoms with Gasteiger partial charge in [-0.3, -0.25) is 24.3 Å². The standard InChI is InChI=1S/C27H25FN6O5S/c1-3-39-21-13-11-20(12-14-21)33-24(15-29-26(36)22-5-4-6-23(17(22)2)34(37)38)31-32-27(33)40-16-25(35)30-19-9-7-18(28)8-10-19/h4-14H,3,15-16H2,1-2H3,(H,29,36)(H,30,35). The summed E-state index contributed by atoms with van der Waals surface area (Å²) in [6.45, 7) is 3.86. The summed E-state index contributed by atoms with van der Waals surface area (Å²) < 4.78 is 20.4. The molecule has 0 aliphatic heterocycles. The van der Waals surface area contributed by atoms with Gasteiger partial charge in [0.05, 0.1) is 23.8 Å². The zero-order valence-electron chi connectivity index (χ0n) is 21.6. The molecule has 0 atom stereocenters. The van der Waals surface area contributed by atoms with E-state index in [0.29, 0.717) is 34.7 Å². The third-order valence-corrected chi connectivity index (χ3v) is 6.65. The fourth-order valence-electron chi connectivity index (χ4n) is 3.81. The van der Waals surface area contributed by atoms with Crippen LogP contribution in [0.1, 0.15) is 28.7 Å². The lowest BCUT2D eigenvalue weighted by atomic mass is 10.1. The minimum absolute atomic E-state index is 0.00816. The number of rotatable bonds is 11. The van der Waals surface area contributed by atoms with Crippen molar-refractivity contribution in [1.29, 1.82) is 0 Å². The van der Waals surface area contributed by atoms with Gasteiger partial charge in [-0.25, -0.2) is 4.39 Å². The second kappa shape index (κ2) is 12.8. The number of carbonyl (C=O) groups is 2. The summed E-state index contributed by atoms with van der Waals surface area (Å²) in [5.41, 5.74) is 1.41. The summed E-state index contributed by atoms with van der Waals surface area (Å²) in [5, 5.41) is 25.6. The average molecular weight is 565 g/mol. The minimum Gasteiger partial charge on any atom is -0.494 e. The molecule has 0 saturated heterocycles. The predicted octanol–water partition coefficient (Wildman–Crippen LogP) is 4.68. The quantitative estimate of drug-likeness (QED) is 0.152. The first-order chi connectivity index (χ1) is 19.3. The number of nitrogens with one attached hydrogen (secondary N) is 2. The summed E-state index contributed by atoms with van der Waals surface area (Å²) >= 11 is 1.13. The number of nitrogens with zero attached hydrogens (tertiary/aromatic N) is 4. The van der Waals surface area contributed by atoms with Crippen molar-refractivity contribution in [2.45, 2.75) is 25.5 Å². The Morgan fingerprint density at radius 2 is 1.80 bits per heavy atom. The van der Waals surface area contributed by atoms with Crippen molar-refractivity contribution in [1.82, 2.24) is 20.1 Å². The molecule has 0 unspecified atom stereocenters. The number of carbonyl (C=O) groups excluding carboxylic acids is 2. The van der Waals surface area contributed by atoms with Crippen LogP contribution in [0.5, 0.6) is 5.75 Å². The molecule has 0 radical (unpaired) electrons. The molecule has 1 heterocycles. The van der Waals surface area contributed by atoms with Gasteiger partial charge >= 0.3 is 0 Å². The Bertz CT molecular complexity index is 1530. The number of ether oxygens (including phenoxy) is 1. The number of halogens is 1. The van der Waals surface area contributed by atoms with Crippen LogP contribution in [-0.2, 0) is 11.3 Å². The van der Waals surface area contributed by atoms with Gasteiger partial charge < -0.3 is 15.4 Å². The van der Waals surface area contributed by atoms with E-state index in [1.54, 1.807) is 28.8 Å².